The second kappa shape index (κ2) is 6.05. The number of benzene rings is 1. The van der Waals surface area contributed by atoms with Crippen LogP contribution in [0.25, 0.3) is 0 Å². The van der Waals surface area contributed by atoms with E-state index in [1.54, 1.807) is 12.1 Å². The van der Waals surface area contributed by atoms with Crippen molar-refractivity contribution in [1.82, 2.24) is 0 Å². The zero-order valence-corrected chi connectivity index (χ0v) is 12.2. The van der Waals surface area contributed by atoms with Crippen molar-refractivity contribution in [2.45, 2.75) is 45.3 Å². The van der Waals surface area contributed by atoms with Gasteiger partial charge in [0.25, 0.3) is 0 Å². The molecule has 110 valence electrons. The van der Waals surface area contributed by atoms with E-state index in [2.05, 4.69) is 20.8 Å². The Balaban J connectivity index is 2.76. The number of carboxylic acids is 1. The third-order valence-corrected chi connectivity index (χ3v) is 3.07. The van der Waals surface area contributed by atoms with Gasteiger partial charge in [0.15, 0.2) is 0 Å². The Morgan fingerprint density at radius 1 is 1.20 bits per heavy atom. The molecule has 5 nitrogen and oxygen atoms in total. The molecular formula is C15H21NO4. The largest absolute Gasteiger partial charge is 0.480 e. The van der Waals surface area contributed by atoms with Gasteiger partial charge in [-0.3, -0.25) is 4.79 Å². The monoisotopic (exact) mass is 279 g/mol. The van der Waals surface area contributed by atoms with Gasteiger partial charge in [-0.15, -0.1) is 0 Å². The van der Waals surface area contributed by atoms with Gasteiger partial charge >= 0.3 is 11.9 Å². The molecule has 0 radical (unpaired) electrons. The Kier molecular flexibility index (Phi) is 4.89. The lowest BCUT2D eigenvalue weighted by atomic mass is 9.87. The van der Waals surface area contributed by atoms with E-state index in [-0.39, 0.29) is 5.41 Å². The van der Waals surface area contributed by atoms with Crippen molar-refractivity contribution in [3.05, 3.63) is 35.4 Å². The predicted molar refractivity (Wildman–Crippen MR) is 75.6 cm³/mol. The van der Waals surface area contributed by atoms with Crippen LogP contribution in [0, 0.1) is 0 Å². The zero-order valence-electron chi connectivity index (χ0n) is 12.2. The summed E-state index contributed by atoms with van der Waals surface area (Å²) >= 11 is 0. The smallest absolute Gasteiger partial charge is 0.338 e. The van der Waals surface area contributed by atoms with Crippen LogP contribution in [-0.2, 0) is 14.9 Å². The van der Waals surface area contributed by atoms with Crippen LogP contribution in [0.5, 0.6) is 0 Å². The number of hydrogen-bond acceptors (Lipinski definition) is 4. The van der Waals surface area contributed by atoms with E-state index in [4.69, 9.17) is 15.6 Å². The number of aliphatic carboxylic acids is 1. The number of hydrogen-bond donors (Lipinski definition) is 2. The number of carboxylic acid groups (broad SMARTS) is 1. The van der Waals surface area contributed by atoms with Crippen molar-refractivity contribution in [3.63, 3.8) is 0 Å². The molecule has 0 bridgehead atoms. The van der Waals surface area contributed by atoms with Crippen molar-refractivity contribution in [2.75, 3.05) is 0 Å². The van der Waals surface area contributed by atoms with Crippen LogP contribution in [-0.4, -0.2) is 29.2 Å². The fourth-order valence-electron chi connectivity index (χ4n) is 1.62. The third kappa shape index (κ3) is 4.06. The first-order valence-electron chi connectivity index (χ1n) is 6.43. The SMILES string of the molecule is CC(OC(=O)c1ccc(C(C)(C)C)cc1)[C@H](N)C(=O)O. The molecule has 1 unspecified atom stereocenters. The molecule has 1 rings (SSSR count). The van der Waals surface area contributed by atoms with Crippen LogP contribution in [0.15, 0.2) is 24.3 Å². The van der Waals surface area contributed by atoms with Crippen molar-refractivity contribution in [1.29, 1.82) is 0 Å². The van der Waals surface area contributed by atoms with Crippen LogP contribution in [0.2, 0.25) is 0 Å². The highest BCUT2D eigenvalue weighted by Crippen LogP contribution is 2.22. The van der Waals surface area contributed by atoms with Gasteiger partial charge in [-0.2, -0.15) is 0 Å². The lowest BCUT2D eigenvalue weighted by Gasteiger charge is -2.20. The molecule has 1 aromatic rings. The maximum absolute atomic E-state index is 11.9. The number of rotatable bonds is 4. The molecule has 0 amide bonds. The molecular weight excluding hydrogens is 258 g/mol. The standard InChI is InChI=1S/C15H21NO4/c1-9(12(16)13(17)18)20-14(19)10-5-7-11(8-6-10)15(2,3)4/h5-9,12H,16H2,1-4H3,(H,17,18)/t9?,12-/m0/s1. The lowest BCUT2D eigenvalue weighted by molar-refractivity contribution is -0.140. The number of ether oxygens (including phenoxy) is 1. The van der Waals surface area contributed by atoms with E-state index in [1.807, 2.05) is 12.1 Å². The van der Waals surface area contributed by atoms with Gasteiger partial charge in [0.2, 0.25) is 0 Å². The van der Waals surface area contributed by atoms with Crippen LogP contribution in [0.1, 0.15) is 43.6 Å². The summed E-state index contributed by atoms with van der Waals surface area (Å²) in [6, 6.07) is 5.83. The van der Waals surface area contributed by atoms with Gasteiger partial charge in [0.05, 0.1) is 5.56 Å². The van der Waals surface area contributed by atoms with E-state index in [0.29, 0.717) is 5.56 Å². The summed E-state index contributed by atoms with van der Waals surface area (Å²) in [4.78, 5) is 22.6. The lowest BCUT2D eigenvalue weighted by Crippen LogP contribution is -2.42. The summed E-state index contributed by atoms with van der Waals surface area (Å²) in [7, 11) is 0. The Morgan fingerprint density at radius 3 is 2.10 bits per heavy atom. The number of esters is 1. The zero-order chi connectivity index (χ0) is 15.5. The number of nitrogens with two attached hydrogens (primary N) is 1. The normalized spacial score (nSPS) is 14.4. The van der Waals surface area contributed by atoms with Gasteiger partial charge < -0.3 is 15.6 Å². The van der Waals surface area contributed by atoms with Crippen LogP contribution in [0.3, 0.4) is 0 Å². The van der Waals surface area contributed by atoms with Gasteiger partial charge in [-0.1, -0.05) is 32.9 Å². The molecule has 0 fully saturated rings. The van der Waals surface area contributed by atoms with Crippen molar-refractivity contribution < 1.29 is 19.4 Å². The topological polar surface area (TPSA) is 89.6 Å². The fraction of sp³-hybridized carbons (Fsp3) is 0.467. The van der Waals surface area contributed by atoms with Crippen molar-refractivity contribution in [2.24, 2.45) is 5.73 Å². The summed E-state index contributed by atoms with van der Waals surface area (Å²) in [6.45, 7) is 7.69. The molecule has 20 heavy (non-hydrogen) atoms. The second-order valence-electron chi connectivity index (χ2n) is 5.80. The first kappa shape index (κ1) is 16.2. The second-order valence-corrected chi connectivity index (χ2v) is 5.80. The number of carbonyl (C=O) groups excluding carboxylic acids is 1. The van der Waals surface area contributed by atoms with E-state index in [0.717, 1.165) is 5.56 Å². The Labute approximate surface area is 118 Å². The average Bonchev–Trinajstić information content (AvgIpc) is 2.36. The first-order chi connectivity index (χ1) is 9.12. The van der Waals surface area contributed by atoms with Crippen LogP contribution < -0.4 is 5.73 Å². The summed E-state index contributed by atoms with van der Waals surface area (Å²) in [5.74, 6) is -1.77. The van der Waals surface area contributed by atoms with Crippen LogP contribution in [0.4, 0.5) is 0 Å². The van der Waals surface area contributed by atoms with E-state index >= 15 is 0 Å². The Hall–Kier alpha value is -1.88. The Bertz CT molecular complexity index is 488. The minimum absolute atomic E-state index is 0.00138. The molecule has 0 heterocycles. The average molecular weight is 279 g/mol. The van der Waals surface area contributed by atoms with E-state index < -0.39 is 24.1 Å². The predicted octanol–water partition coefficient (Wildman–Crippen LogP) is 1.94. The van der Waals surface area contributed by atoms with Gasteiger partial charge in [-0.05, 0) is 30.0 Å². The summed E-state index contributed by atoms with van der Waals surface area (Å²) in [6.07, 6.45) is -0.887. The maximum atomic E-state index is 11.9. The summed E-state index contributed by atoms with van der Waals surface area (Å²) in [5.41, 5.74) is 6.87. The Morgan fingerprint density at radius 2 is 1.70 bits per heavy atom. The molecule has 0 aromatic heterocycles. The highest BCUT2D eigenvalue weighted by Gasteiger charge is 2.24. The molecule has 3 N–H and O–H groups in total. The summed E-state index contributed by atoms with van der Waals surface area (Å²) in [5, 5.41) is 8.75. The molecule has 0 aliphatic rings. The highest BCUT2D eigenvalue weighted by atomic mass is 16.5. The minimum atomic E-state index is -1.23. The number of carbonyl (C=O) groups is 2. The van der Waals surface area contributed by atoms with E-state index in [9.17, 15) is 9.59 Å². The highest BCUT2D eigenvalue weighted by molar-refractivity contribution is 5.90. The van der Waals surface area contributed by atoms with Crippen molar-refractivity contribution in [3.8, 4) is 0 Å². The minimum Gasteiger partial charge on any atom is -0.480 e. The van der Waals surface area contributed by atoms with Crippen molar-refractivity contribution >= 4 is 11.9 Å². The molecule has 0 saturated heterocycles. The molecule has 5 heteroatoms. The third-order valence-electron chi connectivity index (χ3n) is 3.07. The van der Waals surface area contributed by atoms with E-state index in [1.165, 1.54) is 6.92 Å². The van der Waals surface area contributed by atoms with Gasteiger partial charge in [-0.25, -0.2) is 4.79 Å². The molecule has 0 saturated carbocycles. The molecule has 2 atom stereocenters. The molecule has 0 spiro atoms. The molecule has 1 aromatic carbocycles. The van der Waals surface area contributed by atoms with Gasteiger partial charge in [0.1, 0.15) is 12.1 Å². The summed E-state index contributed by atoms with van der Waals surface area (Å²) < 4.78 is 5.04. The maximum Gasteiger partial charge on any atom is 0.338 e. The molecule has 0 aliphatic carbocycles. The molecule has 0 aliphatic heterocycles. The quantitative estimate of drug-likeness (QED) is 0.822. The first-order valence-corrected chi connectivity index (χ1v) is 6.43. The van der Waals surface area contributed by atoms with Gasteiger partial charge in [0, 0.05) is 0 Å². The van der Waals surface area contributed by atoms with Crippen LogP contribution >= 0.6 is 0 Å². The fourth-order valence-corrected chi connectivity index (χ4v) is 1.62.